The molecule has 1 N–H and O–H groups in total. The van der Waals surface area contributed by atoms with Crippen LogP contribution in [0, 0.1) is 6.92 Å². The number of ether oxygens (including phenoxy) is 1. The molecule has 0 unspecified atom stereocenters. The summed E-state index contributed by atoms with van der Waals surface area (Å²) in [5, 5.41) is 7.31. The lowest BCUT2D eigenvalue weighted by Crippen LogP contribution is -2.17. The molecular formula is C20H19N3O4S. The van der Waals surface area contributed by atoms with Gasteiger partial charge in [0.2, 0.25) is 0 Å². The van der Waals surface area contributed by atoms with Crippen LogP contribution >= 0.6 is 0 Å². The number of carbonyl (C=O) groups excluding carboxylic acids is 1. The monoisotopic (exact) mass is 397 g/mol. The molecule has 1 aromatic heterocycles. The summed E-state index contributed by atoms with van der Waals surface area (Å²) in [7, 11) is -1.67. The Morgan fingerprint density at radius 3 is 2.39 bits per heavy atom. The van der Waals surface area contributed by atoms with E-state index in [1.807, 2.05) is 19.1 Å². The van der Waals surface area contributed by atoms with Crippen molar-refractivity contribution >= 4 is 21.6 Å². The lowest BCUT2D eigenvalue weighted by molar-refractivity contribution is 0.102. The number of nitrogens with one attached hydrogen (secondary N) is 1. The molecular weight excluding hydrogens is 378 g/mol. The van der Waals surface area contributed by atoms with E-state index in [-0.39, 0.29) is 17.4 Å². The molecule has 2 aromatic carbocycles. The Bertz CT molecular complexity index is 1150. The van der Waals surface area contributed by atoms with E-state index >= 15 is 0 Å². The van der Waals surface area contributed by atoms with Crippen molar-refractivity contribution in [3.8, 4) is 11.4 Å². The number of anilines is 1. The van der Waals surface area contributed by atoms with E-state index in [9.17, 15) is 13.2 Å². The number of aromatic nitrogens is 2. The summed E-state index contributed by atoms with van der Waals surface area (Å²) in [6.07, 6.45) is 0. The third-order valence-corrected chi connectivity index (χ3v) is 6.09. The van der Waals surface area contributed by atoms with Gasteiger partial charge >= 0.3 is 0 Å². The number of benzene rings is 2. The van der Waals surface area contributed by atoms with Gasteiger partial charge in [-0.25, -0.2) is 13.1 Å². The average molecular weight is 397 g/mol. The van der Waals surface area contributed by atoms with Crippen LogP contribution < -0.4 is 10.1 Å². The molecule has 0 saturated carbocycles. The molecule has 0 radical (unpaired) electrons. The van der Waals surface area contributed by atoms with Crippen LogP contribution in [0.1, 0.15) is 27.2 Å². The normalized spacial score (nSPS) is 14.5. The van der Waals surface area contributed by atoms with Crippen LogP contribution in [0.3, 0.4) is 0 Å². The van der Waals surface area contributed by atoms with Crippen molar-refractivity contribution in [1.82, 2.24) is 9.78 Å². The second-order valence-electron chi connectivity index (χ2n) is 6.74. The lowest BCUT2D eigenvalue weighted by Gasteiger charge is -2.12. The quantitative estimate of drug-likeness (QED) is 0.731. The summed E-state index contributed by atoms with van der Waals surface area (Å²) in [4.78, 5) is 12.7. The Morgan fingerprint density at radius 1 is 1.07 bits per heavy atom. The highest BCUT2D eigenvalue weighted by atomic mass is 32.2. The second-order valence-corrected chi connectivity index (χ2v) is 8.80. The van der Waals surface area contributed by atoms with Crippen molar-refractivity contribution in [2.24, 2.45) is 0 Å². The fourth-order valence-corrected chi connectivity index (χ4v) is 4.66. The van der Waals surface area contributed by atoms with Crippen LogP contribution in [-0.2, 0) is 21.3 Å². The summed E-state index contributed by atoms with van der Waals surface area (Å²) >= 11 is 0. The predicted octanol–water partition coefficient (Wildman–Crippen LogP) is 2.87. The zero-order chi connectivity index (χ0) is 19.9. The van der Waals surface area contributed by atoms with Gasteiger partial charge in [-0.1, -0.05) is 17.7 Å². The number of methoxy groups -OCH3 is 1. The molecule has 0 spiro atoms. The second kappa shape index (κ2) is 6.79. The van der Waals surface area contributed by atoms with Crippen LogP contribution in [0.4, 0.5) is 5.82 Å². The van der Waals surface area contributed by atoms with Gasteiger partial charge in [0.1, 0.15) is 11.6 Å². The minimum absolute atomic E-state index is 0.126. The lowest BCUT2D eigenvalue weighted by atomic mass is 10.1. The zero-order valence-electron chi connectivity index (χ0n) is 15.5. The first-order valence-electron chi connectivity index (χ1n) is 8.70. The summed E-state index contributed by atoms with van der Waals surface area (Å²) in [6, 6.07) is 14.3. The maximum atomic E-state index is 12.7. The number of fused-ring (bicyclic) bond motifs is 1. The van der Waals surface area contributed by atoms with Gasteiger partial charge < -0.3 is 10.1 Å². The van der Waals surface area contributed by atoms with E-state index in [4.69, 9.17) is 4.74 Å². The van der Waals surface area contributed by atoms with Crippen LogP contribution in [0.2, 0.25) is 0 Å². The highest BCUT2D eigenvalue weighted by Crippen LogP contribution is 2.33. The van der Waals surface area contributed by atoms with E-state index in [2.05, 4.69) is 10.4 Å². The van der Waals surface area contributed by atoms with E-state index in [0.29, 0.717) is 34.1 Å². The molecule has 4 rings (SSSR count). The van der Waals surface area contributed by atoms with Gasteiger partial charge in [-0.05, 0) is 43.3 Å². The fraction of sp³-hybridized carbons (Fsp3) is 0.200. The summed E-state index contributed by atoms with van der Waals surface area (Å²) < 4.78 is 30.8. The highest BCUT2D eigenvalue weighted by molar-refractivity contribution is 7.90. The first kappa shape index (κ1) is 18.2. The van der Waals surface area contributed by atoms with Crippen LogP contribution in [-0.4, -0.2) is 31.2 Å². The number of sulfone groups is 1. The van der Waals surface area contributed by atoms with Crippen LogP contribution in [0.5, 0.6) is 5.75 Å². The molecule has 8 heteroatoms. The van der Waals surface area contributed by atoms with Crippen molar-refractivity contribution in [2.75, 3.05) is 12.4 Å². The number of carbonyl (C=O) groups is 1. The third-order valence-electron chi connectivity index (χ3n) is 4.65. The van der Waals surface area contributed by atoms with Gasteiger partial charge in [-0.2, -0.15) is 5.10 Å². The minimum Gasteiger partial charge on any atom is -0.497 e. The number of hydrogen-bond acceptors (Lipinski definition) is 5. The Morgan fingerprint density at radius 2 is 1.75 bits per heavy atom. The Labute approximate surface area is 162 Å². The Kier molecular flexibility index (Phi) is 4.43. The predicted molar refractivity (Wildman–Crippen MR) is 106 cm³/mol. The zero-order valence-corrected chi connectivity index (χ0v) is 16.3. The van der Waals surface area contributed by atoms with E-state index < -0.39 is 9.84 Å². The van der Waals surface area contributed by atoms with Gasteiger partial charge in [-0.3, -0.25) is 4.79 Å². The van der Waals surface area contributed by atoms with Gasteiger partial charge in [0, 0.05) is 11.1 Å². The Hall–Kier alpha value is -3.13. The van der Waals surface area contributed by atoms with Crippen molar-refractivity contribution in [1.29, 1.82) is 0 Å². The molecule has 0 aliphatic carbocycles. The molecule has 0 bridgehead atoms. The van der Waals surface area contributed by atoms with Gasteiger partial charge in [0.05, 0.1) is 30.0 Å². The number of hydrogen-bond donors (Lipinski definition) is 1. The maximum Gasteiger partial charge on any atom is 0.256 e. The summed E-state index contributed by atoms with van der Waals surface area (Å²) in [6.45, 7) is 1.94. The fourth-order valence-electron chi connectivity index (χ4n) is 3.17. The van der Waals surface area contributed by atoms with Crippen molar-refractivity contribution < 1.29 is 17.9 Å². The van der Waals surface area contributed by atoms with Crippen molar-refractivity contribution in [2.45, 2.75) is 18.4 Å². The largest absolute Gasteiger partial charge is 0.497 e. The third kappa shape index (κ3) is 3.38. The topological polar surface area (TPSA) is 90.3 Å². The number of nitrogens with zero attached hydrogens (tertiary/aromatic N) is 2. The summed E-state index contributed by atoms with van der Waals surface area (Å²) in [5.41, 5.74) is 3.24. The average Bonchev–Trinajstić information content (AvgIpc) is 3.15. The molecule has 3 aromatic rings. The van der Waals surface area contributed by atoms with E-state index in [0.717, 1.165) is 5.56 Å². The first-order valence-corrected chi connectivity index (χ1v) is 10.5. The molecule has 0 atom stereocenters. The van der Waals surface area contributed by atoms with E-state index in [1.54, 1.807) is 48.2 Å². The van der Waals surface area contributed by atoms with Gasteiger partial charge in [0.15, 0.2) is 9.84 Å². The molecule has 0 saturated heterocycles. The first-order chi connectivity index (χ1) is 13.4. The molecule has 1 amide bonds. The van der Waals surface area contributed by atoms with Crippen LogP contribution in [0.15, 0.2) is 48.5 Å². The standard InChI is InChI=1S/C20H19N3O4S/c1-13-3-5-14(6-4-13)20(24)21-19-17-11-28(25,26)12-18(17)22-23(19)15-7-9-16(27-2)10-8-15/h3-10H,11-12H2,1-2H3,(H,21,24). The highest BCUT2D eigenvalue weighted by Gasteiger charge is 2.33. The summed E-state index contributed by atoms with van der Waals surface area (Å²) in [5.74, 6) is 0.491. The maximum absolute atomic E-state index is 12.7. The molecule has 2 heterocycles. The van der Waals surface area contributed by atoms with Gasteiger partial charge in [-0.15, -0.1) is 0 Å². The molecule has 1 aliphatic heterocycles. The number of amides is 1. The smallest absolute Gasteiger partial charge is 0.256 e. The van der Waals surface area contributed by atoms with Crippen molar-refractivity contribution in [3.05, 3.63) is 70.9 Å². The molecule has 0 fully saturated rings. The molecule has 28 heavy (non-hydrogen) atoms. The van der Waals surface area contributed by atoms with Crippen LogP contribution in [0.25, 0.3) is 5.69 Å². The minimum atomic E-state index is -3.25. The van der Waals surface area contributed by atoms with E-state index in [1.165, 1.54) is 0 Å². The SMILES string of the molecule is COc1ccc(-n2nc3c(c2NC(=O)c2ccc(C)cc2)CS(=O)(=O)C3)cc1. The van der Waals surface area contributed by atoms with Gasteiger partial charge in [0.25, 0.3) is 5.91 Å². The number of rotatable bonds is 4. The molecule has 7 nitrogen and oxygen atoms in total. The molecule has 144 valence electrons. The molecule has 1 aliphatic rings. The Balaban J connectivity index is 1.75. The van der Waals surface area contributed by atoms with Crippen molar-refractivity contribution in [3.63, 3.8) is 0 Å². The number of aryl methyl sites for hydroxylation is 1.